The van der Waals surface area contributed by atoms with Gasteiger partial charge in [-0.05, 0) is 64.5 Å². The van der Waals surface area contributed by atoms with Gasteiger partial charge >= 0.3 is 6.03 Å². The van der Waals surface area contributed by atoms with Crippen molar-refractivity contribution in [1.29, 1.82) is 0 Å². The van der Waals surface area contributed by atoms with Gasteiger partial charge in [-0.15, -0.1) is 0 Å². The zero-order chi connectivity index (χ0) is 27.6. The van der Waals surface area contributed by atoms with Gasteiger partial charge in [-0.1, -0.05) is 6.08 Å². The van der Waals surface area contributed by atoms with E-state index in [0.717, 1.165) is 43.2 Å². The van der Waals surface area contributed by atoms with Crippen molar-refractivity contribution in [3.05, 3.63) is 35.4 Å². The predicted molar refractivity (Wildman–Crippen MR) is 145 cm³/mol. The SMILES string of the molecule is CN(C)C(=O)N1CCN(C2=CC(=C(OC(C)(C)C)N3CC4CCC3C4)C(CC(NC=O)C(N)=O)C=C2)CC1. The Morgan fingerprint density at radius 2 is 1.92 bits per heavy atom. The van der Waals surface area contributed by atoms with Gasteiger partial charge in [-0.3, -0.25) is 9.59 Å². The van der Waals surface area contributed by atoms with E-state index in [-0.39, 0.29) is 11.9 Å². The van der Waals surface area contributed by atoms with Gasteiger partial charge < -0.3 is 35.4 Å². The monoisotopic (exact) mass is 528 g/mol. The Bertz CT molecular complexity index is 1010. The van der Waals surface area contributed by atoms with Crippen molar-refractivity contribution in [2.24, 2.45) is 17.6 Å². The standard InChI is InChI=1S/C28H44N6O4/c1-28(2,3)38-26(34-17-19-6-8-22(34)14-19)23-16-21(9-7-20(23)15-24(25(29)36)30-18-35)32-10-12-33(13-11-32)27(37)31(4)5/h7,9,16,18-20,22,24H,6,8,10-15,17H2,1-5H3,(H2,29,36)(H,30,35). The molecule has 0 spiro atoms. The molecule has 4 aliphatic rings. The summed E-state index contributed by atoms with van der Waals surface area (Å²) in [6.45, 7) is 9.90. The lowest BCUT2D eigenvalue weighted by molar-refractivity contribution is -0.123. The summed E-state index contributed by atoms with van der Waals surface area (Å²) >= 11 is 0. The smallest absolute Gasteiger partial charge is 0.319 e. The zero-order valence-electron chi connectivity index (χ0n) is 23.5. The van der Waals surface area contributed by atoms with Crippen LogP contribution in [0.4, 0.5) is 4.79 Å². The second-order valence-corrected chi connectivity index (χ2v) is 12.1. The maximum Gasteiger partial charge on any atom is 0.319 e. The third-order valence-corrected chi connectivity index (χ3v) is 7.92. The first-order chi connectivity index (χ1) is 18.0. The first-order valence-corrected chi connectivity index (χ1v) is 13.8. The van der Waals surface area contributed by atoms with Gasteiger partial charge in [-0.25, -0.2) is 4.79 Å². The summed E-state index contributed by atoms with van der Waals surface area (Å²) in [5, 5.41) is 2.59. The number of nitrogens with one attached hydrogen (secondary N) is 1. The molecule has 0 radical (unpaired) electrons. The molecule has 2 saturated heterocycles. The quantitative estimate of drug-likeness (QED) is 0.368. The number of hydrogen-bond acceptors (Lipinski definition) is 6. The minimum absolute atomic E-state index is 0.0311. The molecule has 210 valence electrons. The molecule has 0 aromatic rings. The van der Waals surface area contributed by atoms with Crippen LogP contribution in [0, 0.1) is 11.8 Å². The number of allylic oxidation sites excluding steroid dienone is 4. The molecule has 0 aromatic heterocycles. The lowest BCUT2D eigenvalue weighted by Crippen LogP contribution is -2.51. The van der Waals surface area contributed by atoms with Crippen LogP contribution in [0.5, 0.6) is 0 Å². The molecule has 4 rings (SSSR count). The van der Waals surface area contributed by atoms with E-state index in [1.807, 2.05) is 4.90 Å². The topological polar surface area (TPSA) is 111 Å². The van der Waals surface area contributed by atoms with Crippen molar-refractivity contribution in [1.82, 2.24) is 24.9 Å². The Balaban J connectivity index is 1.68. The van der Waals surface area contributed by atoms with Crippen molar-refractivity contribution < 1.29 is 19.1 Å². The molecule has 2 heterocycles. The van der Waals surface area contributed by atoms with Crippen LogP contribution in [0.3, 0.4) is 0 Å². The predicted octanol–water partition coefficient (Wildman–Crippen LogP) is 1.86. The molecule has 10 nitrogen and oxygen atoms in total. The number of nitrogens with zero attached hydrogens (tertiary/aromatic N) is 4. The van der Waals surface area contributed by atoms with E-state index in [1.54, 1.807) is 19.0 Å². The van der Waals surface area contributed by atoms with Crippen LogP contribution in [0.1, 0.15) is 46.5 Å². The average Bonchev–Trinajstić information content (AvgIpc) is 3.50. The van der Waals surface area contributed by atoms with Crippen LogP contribution in [0.15, 0.2) is 35.4 Å². The molecule has 2 bridgehead atoms. The van der Waals surface area contributed by atoms with Crippen molar-refractivity contribution in [3.8, 4) is 0 Å². The van der Waals surface area contributed by atoms with Gasteiger partial charge in [0.25, 0.3) is 0 Å². The molecule has 0 aromatic carbocycles. The molecule has 10 heteroatoms. The molecule has 2 aliphatic heterocycles. The van der Waals surface area contributed by atoms with E-state index < -0.39 is 17.6 Å². The molecule has 4 amide bonds. The second kappa shape index (κ2) is 11.3. The molecule has 4 unspecified atom stereocenters. The molecular formula is C28H44N6O4. The van der Waals surface area contributed by atoms with E-state index in [4.69, 9.17) is 10.5 Å². The Labute approximate surface area is 226 Å². The number of amides is 4. The number of primary amides is 1. The summed E-state index contributed by atoms with van der Waals surface area (Å²) in [5.41, 5.74) is 7.30. The van der Waals surface area contributed by atoms with Gasteiger partial charge in [0.2, 0.25) is 12.3 Å². The summed E-state index contributed by atoms with van der Waals surface area (Å²) in [6, 6.07) is -0.295. The number of nitrogens with two attached hydrogens (primary N) is 1. The van der Waals surface area contributed by atoms with Crippen molar-refractivity contribution in [2.75, 3.05) is 46.8 Å². The van der Waals surface area contributed by atoms with Crippen LogP contribution in [0.2, 0.25) is 0 Å². The number of rotatable bonds is 8. The first kappa shape index (κ1) is 27.9. The first-order valence-electron chi connectivity index (χ1n) is 13.8. The number of piperazine rings is 1. The fourth-order valence-corrected chi connectivity index (χ4v) is 6.04. The van der Waals surface area contributed by atoms with Crippen LogP contribution < -0.4 is 11.1 Å². The molecular weight excluding hydrogens is 484 g/mol. The maximum absolute atomic E-state index is 12.4. The van der Waals surface area contributed by atoms with Gasteiger partial charge in [0, 0.05) is 70.0 Å². The van der Waals surface area contributed by atoms with Gasteiger partial charge in [0.05, 0.1) is 0 Å². The summed E-state index contributed by atoms with van der Waals surface area (Å²) in [6.07, 6.45) is 10.9. The van der Waals surface area contributed by atoms with E-state index in [1.165, 1.54) is 12.8 Å². The summed E-state index contributed by atoms with van der Waals surface area (Å²) < 4.78 is 6.70. The van der Waals surface area contributed by atoms with Gasteiger partial charge in [-0.2, -0.15) is 0 Å². The van der Waals surface area contributed by atoms with Crippen molar-refractivity contribution >= 4 is 18.3 Å². The third-order valence-electron chi connectivity index (χ3n) is 7.92. The number of carbonyl (C=O) groups excluding carboxylic acids is 3. The molecule has 3 N–H and O–H groups in total. The average molecular weight is 529 g/mol. The van der Waals surface area contributed by atoms with E-state index in [2.05, 4.69) is 54.1 Å². The van der Waals surface area contributed by atoms with Crippen LogP contribution in [0.25, 0.3) is 0 Å². The number of urea groups is 1. The lowest BCUT2D eigenvalue weighted by Gasteiger charge is -2.40. The van der Waals surface area contributed by atoms with Crippen LogP contribution >= 0.6 is 0 Å². The summed E-state index contributed by atoms with van der Waals surface area (Å²) in [7, 11) is 3.55. The number of ether oxygens (including phenoxy) is 1. The fourth-order valence-electron chi connectivity index (χ4n) is 6.04. The highest BCUT2D eigenvalue weighted by Gasteiger charge is 2.42. The van der Waals surface area contributed by atoms with E-state index >= 15 is 0 Å². The zero-order valence-corrected chi connectivity index (χ0v) is 23.5. The highest BCUT2D eigenvalue weighted by atomic mass is 16.5. The minimum Gasteiger partial charge on any atom is -0.473 e. The number of likely N-dealkylation sites (tertiary alicyclic amines) is 1. The second-order valence-electron chi connectivity index (χ2n) is 12.1. The molecule has 2 aliphatic carbocycles. The Morgan fingerprint density at radius 3 is 2.45 bits per heavy atom. The van der Waals surface area contributed by atoms with E-state index in [9.17, 15) is 14.4 Å². The van der Waals surface area contributed by atoms with Crippen LogP contribution in [-0.4, -0.2) is 102 Å². The largest absolute Gasteiger partial charge is 0.473 e. The minimum atomic E-state index is -0.779. The van der Waals surface area contributed by atoms with Crippen molar-refractivity contribution in [3.63, 3.8) is 0 Å². The Hall–Kier alpha value is -3.17. The summed E-state index contributed by atoms with van der Waals surface area (Å²) in [5.74, 6) is 0.835. The van der Waals surface area contributed by atoms with Crippen LogP contribution in [-0.2, 0) is 14.3 Å². The maximum atomic E-state index is 12.4. The lowest BCUT2D eigenvalue weighted by atomic mass is 9.86. The summed E-state index contributed by atoms with van der Waals surface area (Å²) in [4.78, 5) is 44.0. The number of fused-ring (bicyclic) bond motifs is 2. The number of hydrogen-bond donors (Lipinski definition) is 2. The third kappa shape index (κ3) is 6.27. The normalized spacial score (nSPS) is 27.1. The molecule has 4 atom stereocenters. The Kier molecular flexibility index (Phi) is 8.28. The number of carbonyl (C=O) groups is 3. The van der Waals surface area contributed by atoms with Gasteiger partial charge in [0.15, 0.2) is 5.88 Å². The molecule has 38 heavy (non-hydrogen) atoms. The highest BCUT2D eigenvalue weighted by Crippen LogP contribution is 2.43. The molecule has 3 fully saturated rings. The Morgan fingerprint density at radius 1 is 1.21 bits per heavy atom. The molecule has 1 saturated carbocycles. The van der Waals surface area contributed by atoms with E-state index in [0.29, 0.717) is 37.9 Å². The van der Waals surface area contributed by atoms with Gasteiger partial charge in [0.1, 0.15) is 11.6 Å². The number of piperidine rings is 1. The highest BCUT2D eigenvalue weighted by molar-refractivity contribution is 5.82. The fraction of sp³-hybridized carbons (Fsp3) is 0.679. The van der Waals surface area contributed by atoms with Crippen molar-refractivity contribution in [2.45, 2.75) is 64.1 Å².